The average molecular weight is 279 g/mol. The Kier molecular flexibility index (Phi) is 3.90. The van der Waals surface area contributed by atoms with Crippen molar-refractivity contribution in [3.63, 3.8) is 0 Å². The SMILES string of the molecule is Cc1c(SC2CCC(=O)NC2=O)cccc1C(=O)O. The molecule has 1 saturated heterocycles. The van der Waals surface area contributed by atoms with Crippen LogP contribution < -0.4 is 5.32 Å². The van der Waals surface area contributed by atoms with E-state index in [-0.39, 0.29) is 22.6 Å². The maximum atomic E-state index is 11.7. The molecule has 1 heterocycles. The van der Waals surface area contributed by atoms with Gasteiger partial charge in [-0.25, -0.2) is 4.79 Å². The van der Waals surface area contributed by atoms with Crippen molar-refractivity contribution < 1.29 is 19.5 Å². The molecule has 5 nitrogen and oxygen atoms in total. The normalized spacial score (nSPS) is 19.1. The van der Waals surface area contributed by atoms with Crippen LogP contribution in [-0.4, -0.2) is 28.1 Å². The molecule has 100 valence electrons. The number of carboxylic acid groups (broad SMARTS) is 1. The molecule has 2 N–H and O–H groups in total. The lowest BCUT2D eigenvalue weighted by Gasteiger charge is -2.21. The van der Waals surface area contributed by atoms with Crippen LogP contribution in [0, 0.1) is 6.92 Å². The van der Waals surface area contributed by atoms with Gasteiger partial charge in [0.05, 0.1) is 10.8 Å². The highest BCUT2D eigenvalue weighted by Gasteiger charge is 2.28. The fourth-order valence-corrected chi connectivity index (χ4v) is 3.07. The number of aromatic carboxylic acids is 1. The highest BCUT2D eigenvalue weighted by Crippen LogP contribution is 2.31. The molecular weight excluding hydrogens is 266 g/mol. The van der Waals surface area contributed by atoms with Gasteiger partial charge in [0.25, 0.3) is 0 Å². The Morgan fingerprint density at radius 3 is 2.79 bits per heavy atom. The van der Waals surface area contributed by atoms with Crippen LogP contribution in [0.3, 0.4) is 0 Å². The van der Waals surface area contributed by atoms with E-state index in [4.69, 9.17) is 5.11 Å². The molecule has 1 atom stereocenters. The summed E-state index contributed by atoms with van der Waals surface area (Å²) in [6.07, 6.45) is 0.799. The van der Waals surface area contributed by atoms with Crippen molar-refractivity contribution in [3.05, 3.63) is 29.3 Å². The van der Waals surface area contributed by atoms with Crippen LogP contribution in [0.15, 0.2) is 23.1 Å². The number of carbonyl (C=O) groups excluding carboxylic acids is 2. The summed E-state index contributed by atoms with van der Waals surface area (Å²) in [7, 11) is 0. The quantitative estimate of drug-likeness (QED) is 0.821. The van der Waals surface area contributed by atoms with Gasteiger partial charge >= 0.3 is 5.97 Å². The minimum absolute atomic E-state index is 0.234. The largest absolute Gasteiger partial charge is 0.478 e. The summed E-state index contributed by atoms with van der Waals surface area (Å²) in [5.41, 5.74) is 0.877. The van der Waals surface area contributed by atoms with E-state index in [9.17, 15) is 14.4 Å². The predicted octanol–water partition coefficient (Wildman–Crippen LogP) is 1.59. The Balaban J connectivity index is 2.20. The van der Waals surface area contributed by atoms with Gasteiger partial charge in [0.2, 0.25) is 11.8 Å². The molecule has 19 heavy (non-hydrogen) atoms. The maximum absolute atomic E-state index is 11.7. The van der Waals surface area contributed by atoms with Crippen LogP contribution in [0.2, 0.25) is 0 Å². The average Bonchev–Trinajstić information content (AvgIpc) is 2.34. The second-order valence-electron chi connectivity index (χ2n) is 4.29. The number of rotatable bonds is 3. The second-order valence-corrected chi connectivity index (χ2v) is 5.54. The van der Waals surface area contributed by atoms with Crippen LogP contribution >= 0.6 is 11.8 Å². The first kappa shape index (κ1) is 13.6. The van der Waals surface area contributed by atoms with E-state index in [2.05, 4.69) is 5.32 Å². The van der Waals surface area contributed by atoms with Gasteiger partial charge in [-0.2, -0.15) is 0 Å². The summed E-state index contributed by atoms with van der Waals surface area (Å²) in [6, 6.07) is 4.98. The number of benzene rings is 1. The van der Waals surface area contributed by atoms with E-state index < -0.39 is 5.97 Å². The van der Waals surface area contributed by atoms with E-state index in [1.54, 1.807) is 19.1 Å². The standard InChI is InChI=1S/C13H13NO4S/c1-7-8(13(17)18)3-2-4-9(7)19-10-5-6-11(15)14-12(10)16/h2-4,10H,5-6H2,1H3,(H,17,18)(H,14,15,16). The monoisotopic (exact) mass is 279 g/mol. The zero-order valence-corrected chi connectivity index (χ0v) is 11.1. The number of nitrogens with one attached hydrogen (secondary N) is 1. The third kappa shape index (κ3) is 2.96. The lowest BCUT2D eigenvalue weighted by atomic mass is 10.1. The fourth-order valence-electron chi connectivity index (χ4n) is 1.91. The van der Waals surface area contributed by atoms with Crippen molar-refractivity contribution in [2.24, 2.45) is 0 Å². The Hall–Kier alpha value is -1.82. The summed E-state index contributed by atoms with van der Waals surface area (Å²) in [5.74, 6) is -1.54. The van der Waals surface area contributed by atoms with E-state index in [1.165, 1.54) is 17.8 Å². The molecule has 0 radical (unpaired) electrons. The molecule has 2 rings (SSSR count). The summed E-state index contributed by atoms with van der Waals surface area (Å²) >= 11 is 1.31. The molecule has 1 aromatic rings. The first-order chi connectivity index (χ1) is 8.99. The molecule has 6 heteroatoms. The van der Waals surface area contributed by atoms with E-state index in [0.29, 0.717) is 18.4 Å². The van der Waals surface area contributed by atoms with E-state index in [0.717, 1.165) is 4.90 Å². The lowest BCUT2D eigenvalue weighted by Crippen LogP contribution is -2.42. The van der Waals surface area contributed by atoms with E-state index in [1.807, 2.05) is 0 Å². The van der Waals surface area contributed by atoms with Crippen LogP contribution in [-0.2, 0) is 9.59 Å². The molecule has 0 spiro atoms. The highest BCUT2D eigenvalue weighted by molar-refractivity contribution is 8.00. The first-order valence-electron chi connectivity index (χ1n) is 5.82. The highest BCUT2D eigenvalue weighted by atomic mass is 32.2. The number of piperidine rings is 1. The van der Waals surface area contributed by atoms with Crippen molar-refractivity contribution in [1.82, 2.24) is 5.32 Å². The number of carbonyl (C=O) groups is 3. The molecule has 2 amide bonds. The van der Waals surface area contributed by atoms with Crippen LogP contribution in [0.1, 0.15) is 28.8 Å². The summed E-state index contributed by atoms with van der Waals surface area (Å²) in [4.78, 5) is 34.5. The van der Waals surface area contributed by atoms with Gasteiger partial charge in [-0.05, 0) is 31.0 Å². The molecule has 1 aromatic carbocycles. The van der Waals surface area contributed by atoms with Gasteiger partial charge in [0.1, 0.15) is 0 Å². The van der Waals surface area contributed by atoms with Crippen molar-refractivity contribution >= 4 is 29.5 Å². The van der Waals surface area contributed by atoms with Gasteiger partial charge < -0.3 is 5.11 Å². The molecular formula is C13H13NO4S. The van der Waals surface area contributed by atoms with Gasteiger partial charge in [0, 0.05) is 11.3 Å². The maximum Gasteiger partial charge on any atom is 0.335 e. The molecule has 1 unspecified atom stereocenters. The van der Waals surface area contributed by atoms with Crippen molar-refractivity contribution in [2.75, 3.05) is 0 Å². The number of thioether (sulfide) groups is 1. The third-order valence-corrected chi connectivity index (χ3v) is 4.40. The zero-order chi connectivity index (χ0) is 14.0. The van der Waals surface area contributed by atoms with E-state index >= 15 is 0 Å². The van der Waals surface area contributed by atoms with Gasteiger partial charge in [-0.3, -0.25) is 14.9 Å². The minimum Gasteiger partial charge on any atom is -0.478 e. The Morgan fingerprint density at radius 2 is 2.16 bits per heavy atom. The molecule has 0 bridgehead atoms. The third-order valence-electron chi connectivity index (χ3n) is 2.97. The molecule has 1 fully saturated rings. The van der Waals surface area contributed by atoms with Crippen molar-refractivity contribution in [3.8, 4) is 0 Å². The topological polar surface area (TPSA) is 83.5 Å². The minimum atomic E-state index is -0.983. The fraction of sp³-hybridized carbons (Fsp3) is 0.308. The van der Waals surface area contributed by atoms with Gasteiger partial charge in [-0.15, -0.1) is 11.8 Å². The Labute approximate surface area is 114 Å². The Bertz CT molecular complexity index is 556. The number of imide groups is 1. The number of carboxylic acids is 1. The van der Waals surface area contributed by atoms with Gasteiger partial charge in [0.15, 0.2) is 0 Å². The lowest BCUT2D eigenvalue weighted by molar-refractivity contribution is -0.132. The summed E-state index contributed by atoms with van der Waals surface area (Å²) in [6.45, 7) is 1.72. The molecule has 1 aliphatic rings. The first-order valence-corrected chi connectivity index (χ1v) is 6.70. The van der Waals surface area contributed by atoms with Crippen LogP contribution in [0.25, 0.3) is 0 Å². The van der Waals surface area contributed by atoms with Gasteiger partial charge in [-0.1, -0.05) is 6.07 Å². The van der Waals surface area contributed by atoms with Crippen molar-refractivity contribution in [2.45, 2.75) is 29.9 Å². The number of amides is 2. The number of hydrogen-bond acceptors (Lipinski definition) is 4. The molecule has 0 aliphatic carbocycles. The zero-order valence-electron chi connectivity index (χ0n) is 10.3. The smallest absolute Gasteiger partial charge is 0.335 e. The Morgan fingerprint density at radius 1 is 1.42 bits per heavy atom. The summed E-state index contributed by atoms with van der Waals surface area (Å²) in [5, 5.41) is 11.0. The molecule has 1 aliphatic heterocycles. The predicted molar refractivity (Wildman–Crippen MR) is 70.2 cm³/mol. The van der Waals surface area contributed by atoms with Crippen LogP contribution in [0.4, 0.5) is 0 Å². The molecule has 0 saturated carbocycles. The van der Waals surface area contributed by atoms with Crippen molar-refractivity contribution in [1.29, 1.82) is 0 Å². The number of hydrogen-bond donors (Lipinski definition) is 2. The summed E-state index contributed by atoms with van der Waals surface area (Å²) < 4.78 is 0. The van der Waals surface area contributed by atoms with Crippen LogP contribution in [0.5, 0.6) is 0 Å². The second kappa shape index (κ2) is 5.44. The molecule has 0 aromatic heterocycles.